The Hall–Kier alpha value is 0.434. The van der Waals surface area contributed by atoms with Gasteiger partial charge in [0.05, 0.1) is 0 Å². The van der Waals surface area contributed by atoms with Crippen LogP contribution in [0.15, 0.2) is 0 Å². The number of hydrogen-bond acceptors (Lipinski definition) is 0. The number of hydrogen-bond donors (Lipinski definition) is 0. The Kier molecular flexibility index (Phi) is 2.89. The van der Waals surface area contributed by atoms with Gasteiger partial charge in [-0.05, 0) is 5.92 Å². The summed E-state index contributed by atoms with van der Waals surface area (Å²) in [6, 6.07) is 3.22. The lowest BCUT2D eigenvalue weighted by atomic mass is 10.1. The molecule has 0 spiro atoms. The molecule has 0 aliphatic carbocycles. The van der Waals surface area contributed by atoms with Gasteiger partial charge < -0.3 is 0 Å². The average molecular weight is 200 g/mol. The van der Waals surface area contributed by atoms with Crippen molar-refractivity contribution in [1.29, 1.82) is 0 Å². The van der Waals surface area contributed by atoms with Crippen molar-refractivity contribution in [3.8, 4) is 0 Å². The van der Waals surface area contributed by atoms with Crippen LogP contribution in [0.3, 0.4) is 0 Å². The van der Waals surface area contributed by atoms with Gasteiger partial charge in [-0.1, -0.05) is 57.3 Å². The van der Waals surface area contributed by atoms with Crippen LogP contribution in [0, 0.1) is 5.92 Å². The summed E-state index contributed by atoms with van der Waals surface area (Å²) in [6.07, 6.45) is 1.44. The van der Waals surface area contributed by atoms with Gasteiger partial charge in [0.1, 0.15) is 0 Å². The minimum Gasteiger partial charge on any atom is -0.0695 e. The van der Waals surface area contributed by atoms with Gasteiger partial charge >= 0.3 is 0 Å². The summed E-state index contributed by atoms with van der Waals surface area (Å²) in [7, 11) is -1.50. The molecule has 0 saturated carbocycles. The molecule has 0 N–H and O–H groups in total. The van der Waals surface area contributed by atoms with Gasteiger partial charge in [0.15, 0.2) is 0 Å². The molecule has 0 bridgehead atoms. The van der Waals surface area contributed by atoms with Gasteiger partial charge in [-0.3, -0.25) is 0 Å². The summed E-state index contributed by atoms with van der Waals surface area (Å²) in [5, 5.41) is 0. The van der Waals surface area contributed by atoms with Crippen LogP contribution < -0.4 is 0 Å². The second-order valence-corrected chi connectivity index (χ2v) is 17.1. The monoisotopic (exact) mass is 200 g/mol. The third kappa shape index (κ3) is 2.73. The third-order valence-electron chi connectivity index (χ3n) is 3.22. The molecule has 72 valence electrons. The quantitative estimate of drug-likeness (QED) is 0.562. The lowest BCUT2D eigenvalue weighted by Crippen LogP contribution is -2.46. The summed E-state index contributed by atoms with van der Waals surface area (Å²) >= 11 is 0. The molecule has 0 unspecified atom stereocenters. The molecule has 1 heterocycles. The molecule has 1 aliphatic heterocycles. The molecule has 0 aromatic heterocycles. The predicted octanol–water partition coefficient (Wildman–Crippen LogP) is 3.98. The molecule has 1 fully saturated rings. The molecule has 0 aromatic rings. The van der Waals surface area contributed by atoms with Gasteiger partial charge in [-0.25, -0.2) is 0 Å². The van der Waals surface area contributed by atoms with Gasteiger partial charge in [0.2, 0.25) is 0 Å². The van der Waals surface area contributed by atoms with Gasteiger partial charge in [-0.15, -0.1) is 0 Å². The van der Waals surface area contributed by atoms with Crippen LogP contribution in [0.5, 0.6) is 0 Å². The Labute approximate surface area is 79.8 Å². The van der Waals surface area contributed by atoms with E-state index in [1.54, 1.807) is 17.8 Å². The first kappa shape index (κ1) is 10.5. The van der Waals surface area contributed by atoms with Crippen LogP contribution in [-0.2, 0) is 0 Å². The van der Waals surface area contributed by atoms with E-state index in [4.69, 9.17) is 0 Å². The van der Waals surface area contributed by atoms with Crippen LogP contribution in [0.1, 0.15) is 13.3 Å². The maximum absolute atomic E-state index is 2.60. The third-order valence-corrected chi connectivity index (χ3v) is 14.2. The minimum absolute atomic E-state index is 0.748. The number of rotatable bonds is 1. The van der Waals surface area contributed by atoms with E-state index in [0.29, 0.717) is 0 Å². The molecule has 0 radical (unpaired) electrons. The minimum atomic E-state index is -0.748. The topological polar surface area (TPSA) is 0 Å². The van der Waals surface area contributed by atoms with Crippen molar-refractivity contribution in [1.82, 2.24) is 0 Å². The highest BCUT2D eigenvalue weighted by atomic mass is 28.4. The maximum Gasteiger partial charge on any atom is 0.0450 e. The Morgan fingerprint density at radius 1 is 1.00 bits per heavy atom. The standard InChI is InChI=1S/C10H24Si2/c1-6-10-7-11(2,3)9-12(4,5)8-10/h10H,6-9H2,1-5H3. The first-order valence-electron chi connectivity index (χ1n) is 5.35. The van der Waals surface area contributed by atoms with Crippen molar-refractivity contribution >= 4 is 16.1 Å². The molecule has 1 rings (SSSR count). The van der Waals surface area contributed by atoms with E-state index < -0.39 is 16.1 Å². The summed E-state index contributed by atoms with van der Waals surface area (Å²) in [6.45, 7) is 12.8. The van der Waals surface area contributed by atoms with Crippen molar-refractivity contribution in [3.63, 3.8) is 0 Å². The van der Waals surface area contributed by atoms with Gasteiger partial charge in [0, 0.05) is 16.1 Å². The first-order valence-corrected chi connectivity index (χ1v) is 12.2. The first-order chi connectivity index (χ1) is 5.35. The van der Waals surface area contributed by atoms with E-state index in [2.05, 4.69) is 33.1 Å². The smallest absolute Gasteiger partial charge is 0.0450 e. The molecule has 0 nitrogen and oxygen atoms in total. The molecule has 12 heavy (non-hydrogen) atoms. The van der Waals surface area contributed by atoms with Crippen molar-refractivity contribution < 1.29 is 0 Å². The Morgan fingerprint density at radius 3 is 1.75 bits per heavy atom. The zero-order valence-electron chi connectivity index (χ0n) is 9.41. The van der Waals surface area contributed by atoms with E-state index in [9.17, 15) is 0 Å². The SMILES string of the molecule is CCC1C[Si](C)(C)C[Si](C)(C)C1. The molecule has 1 saturated heterocycles. The van der Waals surface area contributed by atoms with Crippen LogP contribution in [-0.4, -0.2) is 16.1 Å². The molecule has 0 atom stereocenters. The zero-order valence-corrected chi connectivity index (χ0v) is 11.4. The molecular formula is C10H24Si2. The fraction of sp³-hybridized carbons (Fsp3) is 1.00. The molecule has 1 aliphatic rings. The average Bonchev–Trinajstić information content (AvgIpc) is 1.80. The van der Waals surface area contributed by atoms with Crippen LogP contribution >= 0.6 is 0 Å². The highest BCUT2D eigenvalue weighted by molar-refractivity contribution is 6.96. The Balaban J connectivity index is 2.66. The van der Waals surface area contributed by atoms with Gasteiger partial charge in [-0.2, -0.15) is 0 Å². The van der Waals surface area contributed by atoms with E-state index in [0.717, 1.165) is 5.92 Å². The summed E-state index contributed by atoms with van der Waals surface area (Å²) < 4.78 is 0. The lowest BCUT2D eigenvalue weighted by molar-refractivity contribution is 0.596. The Bertz CT molecular complexity index is 145. The molecule has 0 aromatic carbocycles. The van der Waals surface area contributed by atoms with E-state index in [-0.39, 0.29) is 0 Å². The highest BCUT2D eigenvalue weighted by Gasteiger charge is 2.39. The van der Waals surface area contributed by atoms with Crippen molar-refractivity contribution in [2.75, 3.05) is 0 Å². The Morgan fingerprint density at radius 2 is 1.42 bits per heavy atom. The molecule has 0 amide bonds. The maximum atomic E-state index is 2.60. The molecular weight excluding hydrogens is 176 g/mol. The normalized spacial score (nSPS) is 28.8. The highest BCUT2D eigenvalue weighted by Crippen LogP contribution is 2.39. The lowest BCUT2D eigenvalue weighted by Gasteiger charge is -2.42. The van der Waals surface area contributed by atoms with E-state index >= 15 is 0 Å². The van der Waals surface area contributed by atoms with Crippen LogP contribution in [0.25, 0.3) is 0 Å². The van der Waals surface area contributed by atoms with Crippen molar-refractivity contribution in [2.45, 2.75) is 57.3 Å². The van der Waals surface area contributed by atoms with E-state index in [1.807, 2.05) is 0 Å². The zero-order chi connectivity index (χ0) is 9.41. The van der Waals surface area contributed by atoms with Crippen LogP contribution in [0.2, 0.25) is 43.9 Å². The van der Waals surface area contributed by atoms with Gasteiger partial charge in [0.25, 0.3) is 0 Å². The predicted molar refractivity (Wildman–Crippen MR) is 63.2 cm³/mol. The fourth-order valence-electron chi connectivity index (χ4n) is 3.36. The largest absolute Gasteiger partial charge is 0.0695 e. The second kappa shape index (κ2) is 3.30. The summed E-state index contributed by atoms with van der Waals surface area (Å²) in [5.41, 5.74) is 1.68. The summed E-state index contributed by atoms with van der Waals surface area (Å²) in [5.74, 6) is 1.10. The molecule has 2 heteroatoms. The van der Waals surface area contributed by atoms with Crippen LogP contribution in [0.4, 0.5) is 0 Å². The van der Waals surface area contributed by atoms with Crippen molar-refractivity contribution in [3.05, 3.63) is 0 Å². The fourth-order valence-corrected chi connectivity index (χ4v) is 19.2. The summed E-state index contributed by atoms with van der Waals surface area (Å²) in [4.78, 5) is 0. The van der Waals surface area contributed by atoms with Crippen molar-refractivity contribution in [2.24, 2.45) is 5.92 Å². The van der Waals surface area contributed by atoms with E-state index in [1.165, 1.54) is 6.42 Å². The second-order valence-electron chi connectivity index (χ2n) is 6.19.